The summed E-state index contributed by atoms with van der Waals surface area (Å²) in [4.78, 5) is 19.5. The second kappa shape index (κ2) is 9.95. The lowest BCUT2D eigenvalue weighted by atomic mass is 9.72. The number of nitrogens with zero attached hydrogens (tertiary/aromatic N) is 3. The van der Waals surface area contributed by atoms with Crippen molar-refractivity contribution in [3.63, 3.8) is 0 Å². The Morgan fingerprint density at radius 1 is 1.34 bits per heavy atom. The summed E-state index contributed by atoms with van der Waals surface area (Å²) in [5.74, 6) is 0.102. The molecule has 2 atom stereocenters. The van der Waals surface area contributed by atoms with E-state index in [1.165, 1.54) is 6.07 Å². The van der Waals surface area contributed by atoms with Gasteiger partial charge in [0.25, 0.3) is 0 Å². The molecule has 3 N–H and O–H groups in total. The molecule has 7 nitrogen and oxygen atoms in total. The van der Waals surface area contributed by atoms with Crippen LogP contribution in [0.2, 0.25) is 5.02 Å². The number of anilines is 2. The minimum Gasteiger partial charge on any atom is -0.481 e. The van der Waals surface area contributed by atoms with E-state index in [1.807, 2.05) is 39.8 Å². The van der Waals surface area contributed by atoms with Crippen molar-refractivity contribution >= 4 is 29.2 Å². The Morgan fingerprint density at radius 2 is 2.11 bits per heavy atom. The fourth-order valence-corrected chi connectivity index (χ4v) is 5.09. The van der Waals surface area contributed by atoms with E-state index in [1.54, 1.807) is 12.1 Å². The van der Waals surface area contributed by atoms with Crippen LogP contribution >= 0.6 is 11.6 Å². The Labute approximate surface area is 209 Å². The second-order valence-electron chi connectivity index (χ2n) is 9.71. The zero-order valence-corrected chi connectivity index (χ0v) is 21.2. The molecular formula is C26H31ClFN5O2. The van der Waals surface area contributed by atoms with Crippen LogP contribution in [0.1, 0.15) is 47.8 Å². The Bertz CT molecular complexity index is 1250. The van der Waals surface area contributed by atoms with Crippen molar-refractivity contribution in [1.82, 2.24) is 20.1 Å². The van der Waals surface area contributed by atoms with Crippen molar-refractivity contribution in [2.75, 3.05) is 11.9 Å². The average Bonchev–Trinajstić information content (AvgIpc) is 3.21. The topological polar surface area (TPSA) is 94.1 Å². The Balaban J connectivity index is 1.54. The lowest BCUT2D eigenvalue weighted by Gasteiger charge is -2.43. The van der Waals surface area contributed by atoms with Gasteiger partial charge in [0, 0.05) is 42.0 Å². The number of rotatable bonds is 7. The Kier molecular flexibility index (Phi) is 7.15. The summed E-state index contributed by atoms with van der Waals surface area (Å²) < 4.78 is 14.4. The highest BCUT2D eigenvalue weighted by molar-refractivity contribution is 6.30. The van der Waals surface area contributed by atoms with Crippen LogP contribution in [0.25, 0.3) is 0 Å². The SMILES string of the molecule is Cc1cc(Nc2nc(C[C@@]3(C(=O)O)CCN(Cc4cccc(Cl)c4F)[C@H](C)C3)cc(C)c2C)n[nH]1. The first-order valence-corrected chi connectivity index (χ1v) is 12.1. The average molecular weight is 500 g/mol. The van der Waals surface area contributed by atoms with Crippen LogP contribution in [0.15, 0.2) is 30.3 Å². The molecule has 0 aliphatic carbocycles. The minimum absolute atomic E-state index is 0.0468. The van der Waals surface area contributed by atoms with Crippen LogP contribution in [-0.4, -0.2) is 43.7 Å². The standard InChI is InChI=1S/C26H31ClFN5O2/c1-15-10-20(29-24(18(15)4)30-22-11-16(2)31-32-22)13-26(25(34)35)8-9-33(17(3)12-26)14-19-6-5-7-21(27)23(19)28/h5-7,10-11,17H,8-9,12-14H2,1-4H3,(H,34,35)(H2,29,30,31,32)/t17-,26-/m1/s1. The van der Waals surface area contributed by atoms with E-state index in [2.05, 4.69) is 20.4 Å². The number of carboxylic acids is 1. The number of piperidine rings is 1. The zero-order chi connectivity index (χ0) is 25.3. The summed E-state index contributed by atoms with van der Waals surface area (Å²) >= 11 is 5.94. The molecular weight excluding hydrogens is 469 g/mol. The van der Waals surface area contributed by atoms with E-state index in [9.17, 15) is 14.3 Å². The first kappa shape index (κ1) is 25.1. The Hall–Kier alpha value is -2.97. The Morgan fingerprint density at radius 3 is 2.77 bits per heavy atom. The molecule has 0 spiro atoms. The van der Waals surface area contributed by atoms with Crippen molar-refractivity contribution in [2.24, 2.45) is 5.41 Å². The summed E-state index contributed by atoms with van der Waals surface area (Å²) in [6, 6.07) is 8.80. The van der Waals surface area contributed by atoms with Gasteiger partial charge in [-0.2, -0.15) is 5.10 Å². The van der Waals surface area contributed by atoms with E-state index in [-0.39, 0.29) is 11.1 Å². The van der Waals surface area contributed by atoms with Gasteiger partial charge in [0.2, 0.25) is 0 Å². The quantitative estimate of drug-likeness (QED) is 0.394. The fraction of sp³-hybridized carbons (Fsp3) is 0.423. The van der Waals surface area contributed by atoms with Crippen LogP contribution in [0.5, 0.6) is 0 Å². The monoisotopic (exact) mass is 499 g/mol. The van der Waals surface area contributed by atoms with Gasteiger partial charge < -0.3 is 10.4 Å². The number of pyridine rings is 1. The van der Waals surface area contributed by atoms with Gasteiger partial charge in [0.1, 0.15) is 11.6 Å². The van der Waals surface area contributed by atoms with Gasteiger partial charge in [-0.3, -0.25) is 14.8 Å². The molecule has 0 radical (unpaired) electrons. The molecule has 2 aromatic heterocycles. The predicted molar refractivity (Wildman–Crippen MR) is 135 cm³/mol. The maximum atomic E-state index is 14.4. The molecule has 3 aromatic rings. The van der Waals surface area contributed by atoms with Crippen LogP contribution < -0.4 is 5.32 Å². The van der Waals surface area contributed by atoms with Crippen molar-refractivity contribution in [3.05, 3.63) is 69.2 Å². The number of aromatic amines is 1. The van der Waals surface area contributed by atoms with E-state index >= 15 is 0 Å². The van der Waals surface area contributed by atoms with Gasteiger partial charge in [-0.05, 0) is 70.3 Å². The number of aromatic nitrogens is 3. The lowest BCUT2D eigenvalue weighted by Crippen LogP contribution is -2.49. The van der Waals surface area contributed by atoms with Crippen LogP contribution in [-0.2, 0) is 17.8 Å². The molecule has 186 valence electrons. The van der Waals surface area contributed by atoms with Gasteiger partial charge in [0.05, 0.1) is 10.4 Å². The molecule has 0 bridgehead atoms. The first-order valence-electron chi connectivity index (χ1n) is 11.7. The summed E-state index contributed by atoms with van der Waals surface area (Å²) in [7, 11) is 0. The smallest absolute Gasteiger partial charge is 0.310 e. The summed E-state index contributed by atoms with van der Waals surface area (Å²) in [5.41, 5.74) is 3.26. The third-order valence-electron chi connectivity index (χ3n) is 7.10. The molecule has 9 heteroatoms. The summed E-state index contributed by atoms with van der Waals surface area (Å²) in [5, 5.41) is 20.8. The highest BCUT2D eigenvalue weighted by atomic mass is 35.5. The number of halogens is 2. The minimum atomic E-state index is -0.947. The molecule has 35 heavy (non-hydrogen) atoms. The number of hydrogen-bond acceptors (Lipinski definition) is 5. The second-order valence-corrected chi connectivity index (χ2v) is 10.1. The number of carbonyl (C=O) groups is 1. The maximum absolute atomic E-state index is 14.4. The largest absolute Gasteiger partial charge is 0.481 e. The number of likely N-dealkylation sites (tertiary alicyclic amines) is 1. The molecule has 1 aliphatic rings. The van der Waals surface area contributed by atoms with Crippen molar-refractivity contribution in [1.29, 1.82) is 0 Å². The normalized spacial score (nSPS) is 20.7. The van der Waals surface area contributed by atoms with Crippen LogP contribution in [0, 0.1) is 32.0 Å². The molecule has 0 amide bonds. The number of aliphatic carboxylic acids is 1. The number of nitrogens with one attached hydrogen (secondary N) is 2. The lowest BCUT2D eigenvalue weighted by molar-refractivity contribution is -0.153. The van der Waals surface area contributed by atoms with E-state index in [0.717, 1.165) is 22.5 Å². The highest BCUT2D eigenvalue weighted by Crippen LogP contribution is 2.39. The summed E-state index contributed by atoms with van der Waals surface area (Å²) in [6.07, 6.45) is 1.21. The van der Waals surface area contributed by atoms with E-state index < -0.39 is 17.2 Å². The molecule has 3 heterocycles. The number of benzene rings is 1. The van der Waals surface area contributed by atoms with Gasteiger partial charge in [-0.25, -0.2) is 9.37 Å². The van der Waals surface area contributed by atoms with E-state index in [0.29, 0.717) is 49.6 Å². The number of hydrogen-bond donors (Lipinski definition) is 3. The number of aryl methyl sites for hydroxylation is 2. The number of H-pyrrole nitrogens is 1. The molecule has 1 saturated heterocycles. The first-order chi connectivity index (χ1) is 16.6. The molecule has 4 rings (SSSR count). The van der Waals surface area contributed by atoms with Crippen molar-refractivity contribution in [3.8, 4) is 0 Å². The van der Waals surface area contributed by atoms with Gasteiger partial charge in [-0.1, -0.05) is 23.7 Å². The number of carboxylic acid groups (broad SMARTS) is 1. The third kappa shape index (κ3) is 5.33. The summed E-state index contributed by atoms with van der Waals surface area (Å²) in [6.45, 7) is 8.84. The fourth-order valence-electron chi connectivity index (χ4n) is 4.90. The van der Waals surface area contributed by atoms with Crippen LogP contribution in [0.3, 0.4) is 0 Å². The molecule has 1 aromatic carbocycles. The van der Waals surface area contributed by atoms with Crippen molar-refractivity contribution in [2.45, 2.75) is 59.5 Å². The predicted octanol–water partition coefficient (Wildman–Crippen LogP) is 5.56. The van der Waals surface area contributed by atoms with Gasteiger partial charge >= 0.3 is 5.97 Å². The van der Waals surface area contributed by atoms with Crippen molar-refractivity contribution < 1.29 is 14.3 Å². The molecule has 0 saturated carbocycles. The maximum Gasteiger partial charge on any atom is 0.310 e. The highest BCUT2D eigenvalue weighted by Gasteiger charge is 2.45. The van der Waals surface area contributed by atoms with Gasteiger partial charge in [-0.15, -0.1) is 0 Å². The molecule has 0 unspecified atom stereocenters. The van der Waals surface area contributed by atoms with E-state index in [4.69, 9.17) is 16.6 Å². The third-order valence-corrected chi connectivity index (χ3v) is 7.39. The molecule has 1 fully saturated rings. The molecule has 1 aliphatic heterocycles. The van der Waals surface area contributed by atoms with Gasteiger partial charge in [0.15, 0.2) is 5.82 Å². The zero-order valence-electron chi connectivity index (χ0n) is 20.5. The van der Waals surface area contributed by atoms with Crippen LogP contribution in [0.4, 0.5) is 16.0 Å².